The van der Waals surface area contributed by atoms with Crippen molar-refractivity contribution in [2.45, 2.75) is 51.6 Å². The van der Waals surface area contributed by atoms with Crippen LogP contribution >= 0.6 is 15.9 Å². The third kappa shape index (κ3) is 3.43. The van der Waals surface area contributed by atoms with Gasteiger partial charge in [-0.3, -0.25) is 4.79 Å². The summed E-state index contributed by atoms with van der Waals surface area (Å²) in [6.45, 7) is 2.45. The lowest BCUT2D eigenvalue weighted by Crippen LogP contribution is -2.29. The van der Waals surface area contributed by atoms with Gasteiger partial charge in [0, 0.05) is 6.04 Å². The van der Waals surface area contributed by atoms with Crippen LogP contribution in [0.2, 0.25) is 0 Å². The van der Waals surface area contributed by atoms with Crippen molar-refractivity contribution in [3.63, 3.8) is 0 Å². The Morgan fingerprint density at radius 3 is 2.80 bits per heavy atom. The van der Waals surface area contributed by atoms with Gasteiger partial charge in [-0.05, 0) is 47.5 Å². The van der Waals surface area contributed by atoms with Crippen molar-refractivity contribution in [1.29, 1.82) is 0 Å². The molecule has 1 fully saturated rings. The van der Waals surface area contributed by atoms with Crippen LogP contribution in [0.1, 0.15) is 39.0 Å². The van der Waals surface area contributed by atoms with Gasteiger partial charge in [-0.15, -0.1) is 6.42 Å². The summed E-state index contributed by atoms with van der Waals surface area (Å²) in [7, 11) is 0. The van der Waals surface area contributed by atoms with Crippen LogP contribution < -0.4 is 10.9 Å². The molecule has 0 unspecified atom stereocenters. The first kappa shape index (κ1) is 15.1. The first-order valence-electron chi connectivity index (χ1n) is 7.11. The Morgan fingerprint density at radius 2 is 2.20 bits per heavy atom. The average Bonchev–Trinajstić information content (AvgIpc) is 2.48. The van der Waals surface area contributed by atoms with E-state index in [4.69, 9.17) is 6.42 Å². The van der Waals surface area contributed by atoms with E-state index in [1.807, 2.05) is 0 Å². The lowest BCUT2D eigenvalue weighted by atomic mass is 9.84. The maximum absolute atomic E-state index is 12.0. The molecule has 0 aromatic carbocycles. The fraction of sp³-hybridized carbons (Fsp3) is 0.600. The Balaban J connectivity index is 2.06. The molecule has 1 aromatic heterocycles. The van der Waals surface area contributed by atoms with Gasteiger partial charge >= 0.3 is 0 Å². The molecule has 0 radical (unpaired) electrons. The number of hydrogen-bond donors (Lipinski definition) is 1. The van der Waals surface area contributed by atoms with Gasteiger partial charge in [-0.2, -0.15) is 5.10 Å². The van der Waals surface area contributed by atoms with Crippen molar-refractivity contribution in [3.8, 4) is 12.3 Å². The van der Waals surface area contributed by atoms with E-state index >= 15 is 0 Å². The molecule has 1 aliphatic carbocycles. The van der Waals surface area contributed by atoms with E-state index in [1.54, 1.807) is 6.20 Å². The van der Waals surface area contributed by atoms with Crippen LogP contribution in [0.5, 0.6) is 0 Å². The maximum Gasteiger partial charge on any atom is 0.284 e. The van der Waals surface area contributed by atoms with Crippen LogP contribution in [0.4, 0.5) is 5.69 Å². The van der Waals surface area contributed by atoms with Gasteiger partial charge in [0.15, 0.2) is 0 Å². The molecule has 20 heavy (non-hydrogen) atoms. The predicted molar refractivity (Wildman–Crippen MR) is 84.7 cm³/mol. The van der Waals surface area contributed by atoms with Crippen molar-refractivity contribution in [2.24, 2.45) is 5.92 Å². The fourth-order valence-electron chi connectivity index (χ4n) is 2.70. The highest BCUT2D eigenvalue weighted by molar-refractivity contribution is 9.10. The molecule has 1 aliphatic rings. The van der Waals surface area contributed by atoms with Crippen LogP contribution in [-0.2, 0) is 6.54 Å². The first-order chi connectivity index (χ1) is 9.65. The Hall–Kier alpha value is -1.28. The second-order valence-electron chi connectivity index (χ2n) is 5.31. The van der Waals surface area contributed by atoms with Crippen molar-refractivity contribution >= 4 is 21.6 Å². The highest BCUT2D eigenvalue weighted by atomic mass is 79.9. The SMILES string of the molecule is C#CCn1ncc(NC2CCC(CC)CC2)c(Br)c1=O. The molecule has 108 valence electrons. The summed E-state index contributed by atoms with van der Waals surface area (Å²) in [5.74, 6) is 3.28. The maximum atomic E-state index is 12.0. The number of halogens is 1. The zero-order valence-electron chi connectivity index (χ0n) is 11.7. The molecule has 0 amide bonds. The zero-order valence-corrected chi connectivity index (χ0v) is 13.3. The van der Waals surface area contributed by atoms with Gasteiger partial charge in [0.05, 0.1) is 11.9 Å². The lowest BCUT2D eigenvalue weighted by Gasteiger charge is -2.29. The standard InChI is InChI=1S/C15H20BrN3O/c1-3-9-19-15(20)14(16)13(10-17-19)18-12-7-5-11(4-2)6-8-12/h1,10-12,18H,4-9H2,2H3. The summed E-state index contributed by atoms with van der Waals surface area (Å²) < 4.78 is 1.80. The Kier molecular flexibility index (Phi) is 5.24. The highest BCUT2D eigenvalue weighted by Crippen LogP contribution is 2.29. The van der Waals surface area contributed by atoms with Gasteiger partial charge in [-0.1, -0.05) is 19.3 Å². The zero-order chi connectivity index (χ0) is 14.5. The third-order valence-electron chi connectivity index (χ3n) is 4.01. The van der Waals surface area contributed by atoms with Crippen molar-refractivity contribution < 1.29 is 0 Å². The van der Waals surface area contributed by atoms with Crippen molar-refractivity contribution in [3.05, 3.63) is 21.0 Å². The quantitative estimate of drug-likeness (QED) is 0.859. The summed E-state index contributed by atoms with van der Waals surface area (Å²) in [4.78, 5) is 12.0. The number of terminal acetylenes is 1. The van der Waals surface area contributed by atoms with Crippen LogP contribution in [0.15, 0.2) is 15.5 Å². The van der Waals surface area contributed by atoms with E-state index in [1.165, 1.54) is 23.9 Å². The molecule has 0 bridgehead atoms. The minimum absolute atomic E-state index is 0.185. The van der Waals surface area contributed by atoms with Crippen molar-refractivity contribution in [2.75, 3.05) is 5.32 Å². The first-order valence-corrected chi connectivity index (χ1v) is 7.90. The molecule has 0 aliphatic heterocycles. The van der Waals surface area contributed by atoms with E-state index in [0.29, 0.717) is 10.5 Å². The summed E-state index contributed by atoms with van der Waals surface area (Å²) in [5, 5.41) is 7.52. The molecule has 4 nitrogen and oxygen atoms in total. The molecule has 0 atom stereocenters. The smallest absolute Gasteiger partial charge is 0.284 e. The molecular weight excluding hydrogens is 318 g/mol. The third-order valence-corrected chi connectivity index (χ3v) is 4.78. The van der Waals surface area contributed by atoms with E-state index < -0.39 is 0 Å². The number of nitrogens with zero attached hydrogens (tertiary/aromatic N) is 2. The van der Waals surface area contributed by atoms with E-state index in [0.717, 1.165) is 24.4 Å². The minimum atomic E-state index is -0.185. The van der Waals surface area contributed by atoms with Gasteiger partial charge in [0.2, 0.25) is 0 Å². The molecule has 0 spiro atoms. The molecular formula is C15H20BrN3O. The summed E-state index contributed by atoms with van der Waals surface area (Å²) in [6.07, 6.45) is 13.0. The Labute approximate surface area is 128 Å². The van der Waals surface area contributed by atoms with Crippen LogP contribution in [0.25, 0.3) is 0 Å². The van der Waals surface area contributed by atoms with E-state index in [2.05, 4.69) is 39.2 Å². The molecule has 2 rings (SSSR count). The molecule has 0 saturated heterocycles. The molecule has 1 N–H and O–H groups in total. The predicted octanol–water partition coefficient (Wildman–Crippen LogP) is 3.02. The summed E-state index contributed by atoms with van der Waals surface area (Å²) in [6, 6.07) is 0.429. The lowest BCUT2D eigenvalue weighted by molar-refractivity contribution is 0.330. The number of rotatable bonds is 4. The normalized spacial score (nSPS) is 22.2. The largest absolute Gasteiger partial charge is 0.380 e. The molecule has 1 saturated carbocycles. The molecule has 5 heteroatoms. The number of anilines is 1. The Morgan fingerprint density at radius 1 is 1.50 bits per heavy atom. The van der Waals surface area contributed by atoms with E-state index in [9.17, 15) is 4.79 Å². The highest BCUT2D eigenvalue weighted by Gasteiger charge is 2.21. The summed E-state index contributed by atoms with van der Waals surface area (Å²) in [5.41, 5.74) is 0.582. The van der Waals surface area contributed by atoms with Gasteiger partial charge in [-0.25, -0.2) is 4.68 Å². The topological polar surface area (TPSA) is 46.9 Å². The Bertz CT molecular complexity index is 553. The molecule has 1 heterocycles. The van der Waals surface area contributed by atoms with Gasteiger partial charge in [0.1, 0.15) is 11.0 Å². The number of hydrogen-bond acceptors (Lipinski definition) is 3. The second-order valence-corrected chi connectivity index (χ2v) is 6.10. The minimum Gasteiger partial charge on any atom is -0.380 e. The number of nitrogens with one attached hydrogen (secondary N) is 1. The number of aromatic nitrogens is 2. The fourth-order valence-corrected chi connectivity index (χ4v) is 3.12. The summed E-state index contributed by atoms with van der Waals surface area (Å²) >= 11 is 3.35. The van der Waals surface area contributed by atoms with Gasteiger partial charge in [0.25, 0.3) is 5.56 Å². The average molecular weight is 338 g/mol. The van der Waals surface area contributed by atoms with Crippen LogP contribution in [-0.4, -0.2) is 15.8 Å². The monoisotopic (exact) mass is 337 g/mol. The van der Waals surface area contributed by atoms with E-state index in [-0.39, 0.29) is 12.1 Å². The molecule has 1 aromatic rings. The second kappa shape index (κ2) is 6.94. The van der Waals surface area contributed by atoms with Crippen molar-refractivity contribution in [1.82, 2.24) is 9.78 Å². The van der Waals surface area contributed by atoms with Gasteiger partial charge < -0.3 is 5.32 Å². The van der Waals surface area contributed by atoms with Crippen LogP contribution in [0.3, 0.4) is 0 Å². The van der Waals surface area contributed by atoms with Crippen LogP contribution in [0, 0.1) is 18.3 Å².